The number of methoxy groups -OCH3 is 1. The number of carbonyl (C=O) groups is 1. The maximum Gasteiger partial charge on any atom is 0.303 e. The van der Waals surface area contributed by atoms with Crippen LogP contribution in [0.25, 0.3) is 11.0 Å². The summed E-state index contributed by atoms with van der Waals surface area (Å²) < 4.78 is 7.43. The van der Waals surface area contributed by atoms with Gasteiger partial charge in [-0.05, 0) is 24.5 Å². The van der Waals surface area contributed by atoms with Crippen molar-refractivity contribution in [1.82, 2.24) is 9.55 Å². The maximum absolute atomic E-state index is 10.8. The number of rotatable bonds is 7. The number of nitrogens with zero attached hydrogens (tertiary/aromatic N) is 2. The summed E-state index contributed by atoms with van der Waals surface area (Å²) in [6.07, 6.45) is 1.85. The van der Waals surface area contributed by atoms with Crippen molar-refractivity contribution in [1.29, 1.82) is 0 Å². The molecular formula is C16H22N2O3. The van der Waals surface area contributed by atoms with Crippen LogP contribution in [0.2, 0.25) is 0 Å². The molecule has 0 amide bonds. The number of aromatic nitrogens is 2. The van der Waals surface area contributed by atoms with Gasteiger partial charge in [0.05, 0.1) is 18.1 Å². The van der Waals surface area contributed by atoms with Crippen molar-refractivity contribution in [2.24, 2.45) is 5.92 Å². The summed E-state index contributed by atoms with van der Waals surface area (Å²) in [5.74, 6) is 1.04. The molecule has 0 aliphatic carbocycles. The molecule has 1 atom stereocenters. The Hall–Kier alpha value is -2.04. The molecule has 114 valence electrons. The number of fused-ring (bicyclic) bond motifs is 1. The highest BCUT2D eigenvalue weighted by Crippen LogP contribution is 2.24. The summed E-state index contributed by atoms with van der Waals surface area (Å²) in [5, 5.41) is 8.90. The summed E-state index contributed by atoms with van der Waals surface area (Å²) in [6, 6.07) is 5.87. The van der Waals surface area contributed by atoms with Gasteiger partial charge in [0.15, 0.2) is 0 Å². The Kier molecular flexibility index (Phi) is 4.83. The lowest BCUT2D eigenvalue weighted by Crippen LogP contribution is -2.11. The zero-order valence-corrected chi connectivity index (χ0v) is 12.8. The molecule has 0 radical (unpaired) electrons. The summed E-state index contributed by atoms with van der Waals surface area (Å²) in [6.45, 7) is 4.96. The first-order valence-electron chi connectivity index (χ1n) is 7.30. The van der Waals surface area contributed by atoms with Crippen molar-refractivity contribution in [3.05, 3.63) is 24.0 Å². The zero-order valence-electron chi connectivity index (χ0n) is 12.8. The first-order chi connectivity index (χ1) is 10.0. The molecule has 1 aromatic carbocycles. The Morgan fingerprint density at radius 2 is 2.24 bits per heavy atom. The van der Waals surface area contributed by atoms with Crippen LogP contribution in [-0.4, -0.2) is 27.7 Å². The van der Waals surface area contributed by atoms with E-state index in [1.54, 1.807) is 7.11 Å². The summed E-state index contributed by atoms with van der Waals surface area (Å²) in [4.78, 5) is 15.5. The van der Waals surface area contributed by atoms with E-state index in [0.29, 0.717) is 6.42 Å². The molecule has 0 saturated heterocycles. The summed E-state index contributed by atoms with van der Waals surface area (Å²) in [7, 11) is 1.64. The number of carboxylic acid groups (broad SMARTS) is 1. The molecule has 0 bridgehead atoms. The van der Waals surface area contributed by atoms with Crippen LogP contribution >= 0.6 is 0 Å². The Balaban J connectivity index is 2.36. The van der Waals surface area contributed by atoms with E-state index in [1.807, 2.05) is 25.1 Å². The molecular weight excluding hydrogens is 268 g/mol. The Labute approximate surface area is 124 Å². The first-order valence-corrected chi connectivity index (χ1v) is 7.30. The topological polar surface area (TPSA) is 64.4 Å². The Bertz CT molecular complexity index is 634. The fraction of sp³-hybridized carbons (Fsp3) is 0.500. The smallest absolute Gasteiger partial charge is 0.303 e. The number of hydrogen-bond donors (Lipinski definition) is 1. The standard InChI is InChI=1S/C16H22N2O3/c1-4-7-18-14-6-5-12(21-3)10-13(14)17-15(18)8-11(2)9-16(19)20/h5-6,10-11H,4,7-9H2,1-3H3,(H,19,20). The third-order valence-electron chi connectivity index (χ3n) is 3.54. The molecule has 5 heteroatoms. The van der Waals surface area contributed by atoms with E-state index >= 15 is 0 Å². The molecule has 1 unspecified atom stereocenters. The first kappa shape index (κ1) is 15.4. The van der Waals surface area contributed by atoms with Crippen LogP contribution < -0.4 is 4.74 Å². The van der Waals surface area contributed by atoms with Crippen molar-refractivity contribution in [3.8, 4) is 5.75 Å². The third kappa shape index (κ3) is 3.54. The van der Waals surface area contributed by atoms with Crippen LogP contribution in [-0.2, 0) is 17.8 Å². The largest absolute Gasteiger partial charge is 0.497 e. The normalized spacial score (nSPS) is 12.5. The lowest BCUT2D eigenvalue weighted by molar-refractivity contribution is -0.137. The highest BCUT2D eigenvalue weighted by molar-refractivity contribution is 5.78. The van der Waals surface area contributed by atoms with Crippen LogP contribution in [0.15, 0.2) is 18.2 Å². The van der Waals surface area contributed by atoms with E-state index in [1.165, 1.54) is 0 Å². The summed E-state index contributed by atoms with van der Waals surface area (Å²) >= 11 is 0. The fourth-order valence-electron chi connectivity index (χ4n) is 2.60. The van der Waals surface area contributed by atoms with E-state index < -0.39 is 5.97 Å². The molecule has 0 spiro atoms. The van der Waals surface area contributed by atoms with Crippen LogP contribution in [0.1, 0.15) is 32.5 Å². The molecule has 1 aromatic heterocycles. The van der Waals surface area contributed by atoms with Crippen molar-refractivity contribution in [3.63, 3.8) is 0 Å². The van der Waals surface area contributed by atoms with Gasteiger partial charge in [0.2, 0.25) is 0 Å². The molecule has 21 heavy (non-hydrogen) atoms. The predicted molar refractivity (Wildman–Crippen MR) is 81.7 cm³/mol. The molecule has 0 saturated carbocycles. The number of benzene rings is 1. The number of aliphatic carboxylic acids is 1. The second-order valence-electron chi connectivity index (χ2n) is 5.44. The number of hydrogen-bond acceptors (Lipinski definition) is 3. The minimum absolute atomic E-state index is 0.0665. The minimum Gasteiger partial charge on any atom is -0.497 e. The number of ether oxygens (including phenoxy) is 1. The average molecular weight is 290 g/mol. The molecule has 1 N–H and O–H groups in total. The quantitative estimate of drug-likeness (QED) is 0.851. The highest BCUT2D eigenvalue weighted by atomic mass is 16.5. The molecule has 0 aliphatic rings. The number of aryl methyl sites for hydroxylation is 1. The molecule has 2 aromatic rings. The minimum atomic E-state index is -0.762. The van der Waals surface area contributed by atoms with Crippen LogP contribution in [0, 0.1) is 5.92 Å². The van der Waals surface area contributed by atoms with Gasteiger partial charge in [-0.25, -0.2) is 4.98 Å². The van der Waals surface area contributed by atoms with Crippen molar-refractivity contribution in [2.75, 3.05) is 7.11 Å². The van der Waals surface area contributed by atoms with Crippen molar-refractivity contribution >= 4 is 17.0 Å². The SMILES string of the molecule is CCCn1c(CC(C)CC(=O)O)nc2cc(OC)ccc21. The molecule has 0 fully saturated rings. The van der Waals surface area contributed by atoms with Gasteiger partial charge in [0.25, 0.3) is 0 Å². The maximum atomic E-state index is 10.8. The van der Waals surface area contributed by atoms with Gasteiger partial charge < -0.3 is 14.4 Å². The zero-order chi connectivity index (χ0) is 15.4. The third-order valence-corrected chi connectivity index (χ3v) is 3.54. The lowest BCUT2D eigenvalue weighted by atomic mass is 10.0. The summed E-state index contributed by atoms with van der Waals surface area (Å²) in [5.41, 5.74) is 1.98. The Morgan fingerprint density at radius 3 is 2.86 bits per heavy atom. The Morgan fingerprint density at radius 1 is 1.48 bits per heavy atom. The second-order valence-corrected chi connectivity index (χ2v) is 5.44. The monoisotopic (exact) mass is 290 g/mol. The highest BCUT2D eigenvalue weighted by Gasteiger charge is 2.15. The predicted octanol–water partition coefficient (Wildman–Crippen LogP) is 3.11. The van der Waals surface area contributed by atoms with Gasteiger partial charge >= 0.3 is 5.97 Å². The van der Waals surface area contributed by atoms with Crippen molar-refractivity contribution in [2.45, 2.75) is 39.7 Å². The van der Waals surface area contributed by atoms with E-state index in [2.05, 4.69) is 16.5 Å². The molecule has 1 heterocycles. The van der Waals surface area contributed by atoms with Gasteiger partial charge in [0, 0.05) is 25.5 Å². The van der Waals surface area contributed by atoms with Gasteiger partial charge in [-0.1, -0.05) is 13.8 Å². The average Bonchev–Trinajstić information content (AvgIpc) is 2.75. The van der Waals surface area contributed by atoms with Gasteiger partial charge in [-0.2, -0.15) is 0 Å². The number of carboxylic acids is 1. The molecule has 0 aliphatic heterocycles. The fourth-order valence-corrected chi connectivity index (χ4v) is 2.60. The van der Waals surface area contributed by atoms with Gasteiger partial charge in [-0.15, -0.1) is 0 Å². The van der Waals surface area contributed by atoms with Crippen molar-refractivity contribution < 1.29 is 14.6 Å². The van der Waals surface area contributed by atoms with Crippen LogP contribution in [0.5, 0.6) is 5.75 Å². The van der Waals surface area contributed by atoms with Crippen LogP contribution in [0.4, 0.5) is 0 Å². The van der Waals surface area contributed by atoms with E-state index in [4.69, 9.17) is 9.84 Å². The van der Waals surface area contributed by atoms with Crippen LogP contribution in [0.3, 0.4) is 0 Å². The number of imidazole rings is 1. The van der Waals surface area contributed by atoms with E-state index in [-0.39, 0.29) is 12.3 Å². The molecule has 2 rings (SSSR count). The van der Waals surface area contributed by atoms with E-state index in [0.717, 1.165) is 35.6 Å². The van der Waals surface area contributed by atoms with E-state index in [9.17, 15) is 4.79 Å². The lowest BCUT2D eigenvalue weighted by Gasteiger charge is -2.11. The molecule has 5 nitrogen and oxygen atoms in total. The van der Waals surface area contributed by atoms with Gasteiger partial charge in [0.1, 0.15) is 11.6 Å². The van der Waals surface area contributed by atoms with Gasteiger partial charge in [-0.3, -0.25) is 4.79 Å². The second kappa shape index (κ2) is 6.61.